The third kappa shape index (κ3) is 6.43. The summed E-state index contributed by atoms with van der Waals surface area (Å²) in [6, 6.07) is 37.7. The topological polar surface area (TPSA) is 89.1 Å². The second-order valence-corrected chi connectivity index (χ2v) is 11.3. The van der Waals surface area contributed by atoms with Gasteiger partial charge >= 0.3 is 0 Å². The van der Waals surface area contributed by atoms with Crippen molar-refractivity contribution in [2.24, 2.45) is 9.98 Å². The lowest BCUT2D eigenvalue weighted by molar-refractivity contribution is 0.102. The molecular weight excluding hydrogens is 565 g/mol. The molecule has 0 saturated carbocycles. The van der Waals surface area contributed by atoms with Crippen LogP contribution in [0.3, 0.4) is 0 Å². The quantitative estimate of drug-likeness (QED) is 0.152. The van der Waals surface area contributed by atoms with Crippen molar-refractivity contribution in [2.45, 2.75) is 17.7 Å². The molecule has 0 atom stereocenters. The number of nitrogens with zero attached hydrogens (tertiary/aromatic N) is 2. The van der Waals surface area contributed by atoms with E-state index in [-0.39, 0.29) is 5.91 Å². The fraction of sp³-hybridized carbons (Fsp3) is 0.108. The van der Waals surface area contributed by atoms with Crippen LogP contribution in [0, 0.1) is 0 Å². The molecule has 2 aliphatic heterocycles. The molecule has 5 aromatic carbocycles. The second-order valence-electron chi connectivity index (χ2n) is 10.4. The van der Waals surface area contributed by atoms with E-state index in [1.165, 1.54) is 11.1 Å². The number of nitrogens with one attached hydrogen (secondary N) is 1. The summed E-state index contributed by atoms with van der Waals surface area (Å²) in [6.45, 7) is 0. The lowest BCUT2D eigenvalue weighted by Gasteiger charge is -2.11. The molecule has 7 heteroatoms. The lowest BCUT2D eigenvalue weighted by Crippen LogP contribution is -2.13. The second kappa shape index (κ2) is 13.0. The summed E-state index contributed by atoms with van der Waals surface area (Å²) < 4.78 is 5.37. The minimum absolute atomic E-state index is 0.192. The van der Waals surface area contributed by atoms with Crippen molar-refractivity contribution in [2.75, 3.05) is 24.4 Å². The van der Waals surface area contributed by atoms with Crippen LogP contribution in [0.2, 0.25) is 0 Å². The number of benzene rings is 5. The molecule has 0 aliphatic carbocycles. The van der Waals surface area contributed by atoms with Crippen molar-refractivity contribution in [1.82, 2.24) is 0 Å². The van der Waals surface area contributed by atoms with Crippen LogP contribution in [0.4, 0.5) is 22.7 Å². The van der Waals surface area contributed by atoms with Crippen LogP contribution in [0.1, 0.15) is 32.6 Å². The van der Waals surface area contributed by atoms with Gasteiger partial charge in [-0.3, -0.25) is 14.8 Å². The standard InChI is InChI=1S/C23H20N2O2S.C14H12N2/c1-27-22-14-18(28-2)11-12-19(22)23(26)24-17-9-7-15(8-10-17)21-13-16-5-3-4-6-20(16)25-21;15-12-7-5-10(6-8-12)14-9-11-3-1-2-4-13(11)16-14/h3-12,14H,13H2,1-2H3,(H,24,26);1-8H,9,15H2. The summed E-state index contributed by atoms with van der Waals surface area (Å²) in [4.78, 5) is 23.1. The molecule has 6 nitrogen and oxygen atoms in total. The molecule has 0 saturated heterocycles. The predicted molar refractivity (Wildman–Crippen MR) is 183 cm³/mol. The zero-order valence-electron chi connectivity index (χ0n) is 24.6. The van der Waals surface area contributed by atoms with Gasteiger partial charge in [-0.05, 0) is 83.1 Å². The van der Waals surface area contributed by atoms with Gasteiger partial charge < -0.3 is 15.8 Å². The first-order valence-electron chi connectivity index (χ1n) is 14.3. The fourth-order valence-corrected chi connectivity index (χ4v) is 5.64. The highest BCUT2D eigenvalue weighted by Gasteiger charge is 2.17. The van der Waals surface area contributed by atoms with E-state index in [1.807, 2.05) is 91.2 Å². The van der Waals surface area contributed by atoms with E-state index in [1.54, 1.807) is 24.9 Å². The number of hydrogen-bond donors (Lipinski definition) is 2. The van der Waals surface area contributed by atoms with Crippen molar-refractivity contribution in [3.63, 3.8) is 0 Å². The number of thioether (sulfide) groups is 1. The predicted octanol–water partition coefficient (Wildman–Crippen LogP) is 8.29. The number of aliphatic imine (C=N–C) groups is 2. The van der Waals surface area contributed by atoms with Gasteiger partial charge in [0.2, 0.25) is 0 Å². The summed E-state index contributed by atoms with van der Waals surface area (Å²) >= 11 is 1.61. The Morgan fingerprint density at radius 3 is 1.82 bits per heavy atom. The van der Waals surface area contributed by atoms with Gasteiger partial charge in [0.15, 0.2) is 0 Å². The van der Waals surface area contributed by atoms with Gasteiger partial charge in [-0.2, -0.15) is 0 Å². The average molecular weight is 597 g/mol. The zero-order valence-corrected chi connectivity index (χ0v) is 25.4. The number of ether oxygens (including phenoxy) is 1. The Hall–Kier alpha value is -5.14. The molecule has 3 N–H and O–H groups in total. The van der Waals surface area contributed by atoms with E-state index in [2.05, 4.69) is 34.6 Å². The number of carbonyl (C=O) groups is 1. The molecule has 0 radical (unpaired) electrons. The largest absolute Gasteiger partial charge is 0.496 e. The Morgan fingerprint density at radius 1 is 0.750 bits per heavy atom. The normalized spacial score (nSPS) is 12.7. The number of amides is 1. The molecule has 2 heterocycles. The van der Waals surface area contributed by atoms with E-state index >= 15 is 0 Å². The molecule has 5 aromatic rings. The molecular formula is C37H32N4O2S. The maximum atomic E-state index is 12.7. The molecule has 1 amide bonds. The van der Waals surface area contributed by atoms with Gasteiger partial charge in [0.1, 0.15) is 5.75 Å². The molecule has 44 heavy (non-hydrogen) atoms. The van der Waals surface area contributed by atoms with Crippen LogP contribution in [-0.4, -0.2) is 30.7 Å². The number of carbonyl (C=O) groups excluding carboxylic acids is 1. The number of hydrogen-bond acceptors (Lipinski definition) is 6. The molecule has 0 spiro atoms. The summed E-state index contributed by atoms with van der Waals surface area (Å²) in [5, 5.41) is 2.94. The minimum Gasteiger partial charge on any atom is -0.496 e. The van der Waals surface area contributed by atoms with Gasteiger partial charge in [-0.15, -0.1) is 11.8 Å². The number of anilines is 2. The van der Waals surface area contributed by atoms with Gasteiger partial charge in [-0.1, -0.05) is 60.7 Å². The Labute approximate surface area is 261 Å². The van der Waals surface area contributed by atoms with Gasteiger partial charge in [-0.25, -0.2) is 0 Å². The Morgan fingerprint density at radius 2 is 1.30 bits per heavy atom. The summed E-state index contributed by atoms with van der Waals surface area (Å²) in [5.41, 5.74) is 16.8. The SMILES string of the molecule is COc1cc(SC)ccc1C(=O)Nc1ccc(C2=Nc3ccccc3C2)cc1.Nc1ccc(C2=Nc3ccccc3C2)cc1. The van der Waals surface area contributed by atoms with Crippen molar-refractivity contribution < 1.29 is 9.53 Å². The molecule has 0 fully saturated rings. The number of nitrogen functional groups attached to an aromatic ring is 1. The maximum absolute atomic E-state index is 12.7. The van der Waals surface area contributed by atoms with E-state index in [0.29, 0.717) is 11.3 Å². The molecule has 7 rings (SSSR count). The van der Waals surface area contributed by atoms with Crippen LogP contribution in [-0.2, 0) is 12.8 Å². The first kappa shape index (κ1) is 29.0. The summed E-state index contributed by atoms with van der Waals surface area (Å²) in [5.74, 6) is 0.377. The van der Waals surface area contributed by atoms with E-state index < -0.39 is 0 Å². The maximum Gasteiger partial charge on any atom is 0.259 e. The average Bonchev–Trinajstić information content (AvgIpc) is 3.70. The third-order valence-electron chi connectivity index (χ3n) is 7.58. The van der Waals surface area contributed by atoms with Crippen molar-refractivity contribution in [1.29, 1.82) is 0 Å². The molecule has 0 unspecified atom stereocenters. The Balaban J connectivity index is 0.000000181. The van der Waals surface area contributed by atoms with E-state index in [0.717, 1.165) is 63.0 Å². The van der Waals surface area contributed by atoms with Crippen LogP contribution in [0.25, 0.3) is 0 Å². The van der Waals surface area contributed by atoms with Crippen LogP contribution in [0.5, 0.6) is 5.75 Å². The number of para-hydroxylation sites is 2. The third-order valence-corrected chi connectivity index (χ3v) is 8.31. The van der Waals surface area contributed by atoms with Crippen LogP contribution >= 0.6 is 11.8 Å². The lowest BCUT2D eigenvalue weighted by atomic mass is 10.0. The monoisotopic (exact) mass is 596 g/mol. The number of methoxy groups -OCH3 is 1. The summed E-state index contributed by atoms with van der Waals surface area (Å²) in [6.07, 6.45) is 3.74. The highest BCUT2D eigenvalue weighted by molar-refractivity contribution is 7.98. The van der Waals surface area contributed by atoms with Gasteiger partial charge in [0.05, 0.1) is 35.5 Å². The van der Waals surface area contributed by atoms with Gasteiger partial charge in [0, 0.05) is 29.1 Å². The van der Waals surface area contributed by atoms with Crippen LogP contribution in [0.15, 0.2) is 130 Å². The highest BCUT2D eigenvalue weighted by Crippen LogP contribution is 2.30. The molecule has 0 bridgehead atoms. The van der Waals surface area contributed by atoms with Crippen molar-refractivity contribution in [3.05, 3.63) is 143 Å². The molecule has 218 valence electrons. The van der Waals surface area contributed by atoms with Crippen molar-refractivity contribution in [3.8, 4) is 5.75 Å². The van der Waals surface area contributed by atoms with Gasteiger partial charge in [0.25, 0.3) is 5.91 Å². The van der Waals surface area contributed by atoms with Crippen LogP contribution < -0.4 is 15.8 Å². The van der Waals surface area contributed by atoms with E-state index in [4.69, 9.17) is 15.5 Å². The Bertz CT molecular complexity index is 1880. The molecule has 2 aliphatic rings. The first-order chi connectivity index (χ1) is 21.5. The highest BCUT2D eigenvalue weighted by atomic mass is 32.2. The zero-order chi connectivity index (χ0) is 30.5. The minimum atomic E-state index is -0.192. The number of rotatable bonds is 6. The van der Waals surface area contributed by atoms with Crippen molar-refractivity contribution >= 4 is 51.8 Å². The first-order valence-corrected chi connectivity index (χ1v) is 15.5. The molecule has 0 aromatic heterocycles. The number of nitrogens with two attached hydrogens (primary N) is 1. The Kier molecular flexibility index (Phi) is 8.57. The smallest absolute Gasteiger partial charge is 0.259 e. The fourth-order valence-electron chi connectivity index (χ4n) is 5.21. The number of fused-ring (bicyclic) bond motifs is 2. The van der Waals surface area contributed by atoms with E-state index in [9.17, 15) is 4.79 Å². The summed E-state index contributed by atoms with van der Waals surface area (Å²) in [7, 11) is 1.57.